The van der Waals surface area contributed by atoms with Gasteiger partial charge < -0.3 is 9.30 Å². The van der Waals surface area contributed by atoms with Crippen LogP contribution in [0.25, 0.3) is 10.2 Å². The first kappa shape index (κ1) is 20.7. The van der Waals surface area contributed by atoms with E-state index in [0.29, 0.717) is 10.8 Å². The Kier molecular flexibility index (Phi) is 5.64. The molecule has 13 heteroatoms. The van der Waals surface area contributed by atoms with Crippen LogP contribution in [-0.4, -0.2) is 33.4 Å². The van der Waals surface area contributed by atoms with Crippen molar-refractivity contribution in [2.24, 2.45) is 4.99 Å². The number of carbonyl (C=O) groups is 2. The van der Waals surface area contributed by atoms with E-state index in [2.05, 4.69) is 9.73 Å². The fourth-order valence-electron chi connectivity index (χ4n) is 2.59. The maximum atomic E-state index is 14.3. The zero-order valence-electron chi connectivity index (χ0n) is 15.1. The van der Waals surface area contributed by atoms with Gasteiger partial charge in [-0.3, -0.25) is 29.8 Å². The number of rotatable bonds is 5. The second kappa shape index (κ2) is 8.16. The topological polar surface area (TPSA) is 147 Å². The van der Waals surface area contributed by atoms with Crippen molar-refractivity contribution in [3.63, 3.8) is 0 Å². The summed E-state index contributed by atoms with van der Waals surface area (Å²) in [5.41, 5.74) is -1.71. The second-order valence-electron chi connectivity index (χ2n) is 5.80. The van der Waals surface area contributed by atoms with E-state index >= 15 is 0 Å². The molecule has 0 aliphatic heterocycles. The molecule has 1 amide bonds. The maximum absolute atomic E-state index is 14.3. The smallest absolute Gasteiger partial charge is 0.325 e. The third-order valence-corrected chi connectivity index (χ3v) is 4.98. The molecule has 3 rings (SSSR count). The van der Waals surface area contributed by atoms with Gasteiger partial charge in [0, 0.05) is 12.1 Å². The van der Waals surface area contributed by atoms with Gasteiger partial charge in [-0.15, -0.1) is 0 Å². The molecule has 0 bridgehead atoms. The number of amides is 1. The molecule has 0 N–H and O–H groups in total. The van der Waals surface area contributed by atoms with Gasteiger partial charge in [0.2, 0.25) is 0 Å². The van der Waals surface area contributed by atoms with Crippen LogP contribution in [0.2, 0.25) is 0 Å². The first-order chi connectivity index (χ1) is 14.2. The Bertz CT molecular complexity index is 1250. The Morgan fingerprint density at radius 1 is 1.17 bits per heavy atom. The zero-order valence-corrected chi connectivity index (χ0v) is 15.9. The lowest BCUT2D eigenvalue weighted by atomic mass is 10.1. The van der Waals surface area contributed by atoms with Gasteiger partial charge in [0.15, 0.2) is 4.80 Å². The van der Waals surface area contributed by atoms with E-state index in [1.807, 2.05) is 0 Å². The number of para-hydroxylation sites is 1. The van der Waals surface area contributed by atoms with Crippen LogP contribution in [0.15, 0.2) is 41.4 Å². The number of nitro groups is 2. The highest BCUT2D eigenvalue weighted by atomic mass is 32.1. The number of non-ortho nitro benzene ring substituents is 2. The summed E-state index contributed by atoms with van der Waals surface area (Å²) in [7, 11) is 1.14. The number of ether oxygens (including phenoxy) is 1. The number of methoxy groups -OCH3 is 1. The van der Waals surface area contributed by atoms with Crippen molar-refractivity contribution in [3.8, 4) is 0 Å². The number of thiazole rings is 1. The lowest BCUT2D eigenvalue weighted by Crippen LogP contribution is -2.22. The highest BCUT2D eigenvalue weighted by Crippen LogP contribution is 2.24. The Labute approximate surface area is 170 Å². The number of fused-ring (bicyclic) bond motifs is 1. The first-order valence-electron chi connectivity index (χ1n) is 8.09. The molecule has 2 aromatic carbocycles. The average Bonchev–Trinajstić information content (AvgIpc) is 3.05. The minimum Gasteiger partial charge on any atom is -0.468 e. The van der Waals surface area contributed by atoms with E-state index in [9.17, 15) is 34.2 Å². The molecule has 0 aliphatic rings. The molecule has 0 fully saturated rings. The van der Waals surface area contributed by atoms with Crippen molar-refractivity contribution >= 4 is 44.8 Å². The lowest BCUT2D eigenvalue weighted by molar-refractivity contribution is -0.394. The third-order valence-electron chi connectivity index (χ3n) is 3.94. The summed E-state index contributed by atoms with van der Waals surface area (Å²) < 4.78 is 20.4. The molecule has 0 spiro atoms. The molecule has 1 heterocycles. The molecular weight excluding hydrogens is 423 g/mol. The number of hydrogen-bond donors (Lipinski definition) is 0. The first-order valence-corrected chi connectivity index (χ1v) is 8.90. The van der Waals surface area contributed by atoms with Crippen LogP contribution in [0.3, 0.4) is 0 Å². The number of carbonyl (C=O) groups excluding carboxylic acids is 2. The number of hydrogen-bond acceptors (Lipinski definition) is 8. The molecule has 0 unspecified atom stereocenters. The van der Waals surface area contributed by atoms with Crippen LogP contribution in [-0.2, 0) is 16.1 Å². The Hall–Kier alpha value is -4.00. The zero-order chi connectivity index (χ0) is 22.0. The van der Waals surface area contributed by atoms with Gasteiger partial charge >= 0.3 is 5.97 Å². The van der Waals surface area contributed by atoms with Crippen molar-refractivity contribution in [1.29, 1.82) is 0 Å². The van der Waals surface area contributed by atoms with Crippen molar-refractivity contribution in [2.75, 3.05) is 7.11 Å². The molecule has 3 aromatic rings. The van der Waals surface area contributed by atoms with Gasteiger partial charge in [-0.2, -0.15) is 4.99 Å². The lowest BCUT2D eigenvalue weighted by Gasteiger charge is -2.04. The Morgan fingerprint density at radius 3 is 2.37 bits per heavy atom. The summed E-state index contributed by atoms with van der Waals surface area (Å²) in [6.07, 6.45) is 0. The van der Waals surface area contributed by atoms with E-state index in [-0.39, 0.29) is 10.3 Å². The normalized spacial score (nSPS) is 11.5. The van der Waals surface area contributed by atoms with Gasteiger partial charge in [-0.25, -0.2) is 4.39 Å². The maximum Gasteiger partial charge on any atom is 0.325 e. The monoisotopic (exact) mass is 434 g/mol. The van der Waals surface area contributed by atoms with E-state index in [4.69, 9.17) is 0 Å². The van der Waals surface area contributed by atoms with Gasteiger partial charge in [0.05, 0.1) is 38.8 Å². The van der Waals surface area contributed by atoms with Crippen molar-refractivity contribution < 1.29 is 28.6 Å². The molecular formula is C17H11FN4O7S. The molecule has 11 nitrogen and oxygen atoms in total. The molecule has 0 saturated carbocycles. The third kappa shape index (κ3) is 4.05. The average molecular weight is 434 g/mol. The van der Waals surface area contributed by atoms with Gasteiger partial charge in [0.25, 0.3) is 17.3 Å². The molecule has 1 aromatic heterocycles. The number of nitrogens with zero attached hydrogens (tertiary/aromatic N) is 4. The van der Waals surface area contributed by atoms with Crippen LogP contribution in [0.1, 0.15) is 10.4 Å². The summed E-state index contributed by atoms with van der Waals surface area (Å²) in [5, 5.41) is 22.0. The standard InChI is InChI=1S/C17H11FN4O7S/c1-29-14(23)8-20-15-12(18)3-2-4-13(15)30-17(20)19-16(24)9-5-10(21(25)26)7-11(6-9)22(27)28/h2-7H,8H2,1H3. The Morgan fingerprint density at radius 2 is 1.80 bits per heavy atom. The second-order valence-corrected chi connectivity index (χ2v) is 6.81. The molecule has 0 atom stereocenters. The van der Waals surface area contributed by atoms with Gasteiger partial charge in [-0.1, -0.05) is 17.4 Å². The highest BCUT2D eigenvalue weighted by Gasteiger charge is 2.21. The summed E-state index contributed by atoms with van der Waals surface area (Å²) in [6.45, 7) is -0.446. The fraction of sp³-hybridized carbons (Fsp3) is 0.118. The number of aromatic nitrogens is 1. The highest BCUT2D eigenvalue weighted by molar-refractivity contribution is 7.16. The largest absolute Gasteiger partial charge is 0.468 e. The molecule has 0 radical (unpaired) electrons. The number of esters is 1. The number of nitro benzene ring substituents is 2. The van der Waals surface area contributed by atoms with E-state index in [1.165, 1.54) is 12.1 Å². The quantitative estimate of drug-likeness (QED) is 0.340. The molecule has 0 saturated heterocycles. The van der Waals surface area contributed by atoms with Gasteiger partial charge in [0.1, 0.15) is 12.4 Å². The number of halogens is 1. The molecule has 0 aliphatic carbocycles. The predicted molar refractivity (Wildman–Crippen MR) is 101 cm³/mol. The van der Waals surface area contributed by atoms with Crippen LogP contribution in [0.5, 0.6) is 0 Å². The van der Waals surface area contributed by atoms with Crippen LogP contribution in [0, 0.1) is 26.0 Å². The van der Waals surface area contributed by atoms with Crippen molar-refractivity contribution in [2.45, 2.75) is 6.54 Å². The predicted octanol–water partition coefficient (Wildman–Crippen LogP) is 2.57. The van der Waals surface area contributed by atoms with Crippen molar-refractivity contribution in [3.05, 3.63) is 72.8 Å². The molecule has 30 heavy (non-hydrogen) atoms. The van der Waals surface area contributed by atoms with Crippen molar-refractivity contribution in [1.82, 2.24) is 4.57 Å². The fourth-order valence-corrected chi connectivity index (χ4v) is 3.64. The molecule has 154 valence electrons. The summed E-state index contributed by atoms with van der Waals surface area (Å²) >= 11 is 0.894. The van der Waals surface area contributed by atoms with Crippen LogP contribution < -0.4 is 4.80 Å². The number of benzene rings is 2. The van der Waals surface area contributed by atoms with E-state index < -0.39 is 51.0 Å². The minimum absolute atomic E-state index is 0.0180. The van der Waals surface area contributed by atoms with Crippen LogP contribution >= 0.6 is 11.3 Å². The minimum atomic E-state index is -1.03. The Balaban J connectivity index is 2.20. The van der Waals surface area contributed by atoms with Gasteiger partial charge in [-0.05, 0) is 12.1 Å². The SMILES string of the molecule is COC(=O)Cn1c(=NC(=O)c2cc([N+](=O)[O-])cc([N+](=O)[O-])c2)sc2cccc(F)c21. The van der Waals surface area contributed by atoms with Crippen LogP contribution in [0.4, 0.5) is 15.8 Å². The van der Waals surface area contributed by atoms with E-state index in [1.54, 1.807) is 6.07 Å². The summed E-state index contributed by atoms with van der Waals surface area (Å²) in [6, 6.07) is 6.56. The summed E-state index contributed by atoms with van der Waals surface area (Å²) in [4.78, 5) is 48.4. The summed E-state index contributed by atoms with van der Waals surface area (Å²) in [5.74, 6) is -2.42. The van der Waals surface area contributed by atoms with E-state index in [0.717, 1.165) is 35.1 Å².